The molecule has 114 valence electrons. The summed E-state index contributed by atoms with van der Waals surface area (Å²) in [6.07, 6.45) is 0.411. The highest BCUT2D eigenvalue weighted by atomic mass is 16.5. The largest absolute Gasteiger partial charge is 0.480 e. The number of carboxylic acid groups (broad SMARTS) is 1. The van der Waals surface area contributed by atoms with E-state index < -0.39 is 12.0 Å². The van der Waals surface area contributed by atoms with Gasteiger partial charge in [-0.15, -0.1) is 0 Å². The van der Waals surface area contributed by atoms with E-state index in [0.29, 0.717) is 26.3 Å². The van der Waals surface area contributed by atoms with Crippen LogP contribution in [-0.2, 0) is 19.1 Å². The number of carbonyl (C=O) groups excluding carboxylic acids is 2. The van der Waals surface area contributed by atoms with E-state index in [1.165, 1.54) is 0 Å². The van der Waals surface area contributed by atoms with E-state index >= 15 is 0 Å². The Morgan fingerprint density at radius 3 is 2.50 bits per heavy atom. The molecular formula is C12H21N3O5. The molecule has 0 aromatic carbocycles. The fraction of sp³-hybridized carbons (Fsp3) is 0.750. The normalized spacial score (nSPS) is 16.6. The van der Waals surface area contributed by atoms with Gasteiger partial charge in [0, 0.05) is 32.5 Å². The van der Waals surface area contributed by atoms with E-state index in [0.717, 1.165) is 0 Å². The highest BCUT2D eigenvalue weighted by molar-refractivity contribution is 5.83. The Hall–Kier alpha value is -1.67. The number of hydrogen-bond acceptors (Lipinski definition) is 5. The van der Waals surface area contributed by atoms with Crippen LogP contribution in [0.25, 0.3) is 0 Å². The third kappa shape index (κ3) is 5.98. The van der Waals surface area contributed by atoms with E-state index in [1.807, 2.05) is 0 Å². The third-order valence-corrected chi connectivity index (χ3v) is 3.02. The van der Waals surface area contributed by atoms with Gasteiger partial charge in [-0.1, -0.05) is 0 Å². The zero-order valence-corrected chi connectivity index (χ0v) is 11.3. The Bertz CT molecular complexity index is 355. The molecule has 0 bridgehead atoms. The molecule has 1 aliphatic heterocycles. The first-order chi connectivity index (χ1) is 9.50. The molecule has 8 nitrogen and oxygen atoms in total. The van der Waals surface area contributed by atoms with Crippen LogP contribution in [0, 0.1) is 0 Å². The minimum atomic E-state index is -1.10. The number of ether oxygens (including phenoxy) is 1. The molecule has 0 aromatic heterocycles. The molecule has 1 heterocycles. The fourth-order valence-electron chi connectivity index (χ4n) is 1.77. The molecule has 1 atom stereocenters. The van der Waals surface area contributed by atoms with Gasteiger partial charge in [0.15, 0.2) is 0 Å². The standard InChI is InChI=1S/C12H21N3O5/c13-9(12(18)19)3-4-14-10(16)1-2-11(17)15-5-7-20-8-6-15/h9H,1-8,13H2,(H,14,16)(H,18,19)/t9-/m0/s1. The van der Waals surface area contributed by atoms with Crippen molar-refractivity contribution in [2.45, 2.75) is 25.3 Å². The lowest BCUT2D eigenvalue weighted by Gasteiger charge is -2.26. The van der Waals surface area contributed by atoms with Gasteiger partial charge in [-0.05, 0) is 6.42 Å². The summed E-state index contributed by atoms with van der Waals surface area (Å²) in [5.74, 6) is -1.43. The molecule has 0 aliphatic carbocycles. The summed E-state index contributed by atoms with van der Waals surface area (Å²) in [6, 6.07) is -0.981. The molecule has 4 N–H and O–H groups in total. The number of nitrogens with zero attached hydrogens (tertiary/aromatic N) is 1. The first kappa shape index (κ1) is 16.4. The van der Waals surface area contributed by atoms with Crippen molar-refractivity contribution in [1.82, 2.24) is 10.2 Å². The molecule has 0 saturated carbocycles. The average Bonchev–Trinajstić information content (AvgIpc) is 2.45. The van der Waals surface area contributed by atoms with Crippen molar-refractivity contribution >= 4 is 17.8 Å². The van der Waals surface area contributed by atoms with Gasteiger partial charge < -0.3 is 25.8 Å². The first-order valence-electron chi connectivity index (χ1n) is 6.61. The maximum Gasteiger partial charge on any atom is 0.320 e. The van der Waals surface area contributed by atoms with E-state index in [9.17, 15) is 14.4 Å². The number of carbonyl (C=O) groups is 3. The van der Waals surface area contributed by atoms with E-state index in [4.69, 9.17) is 15.6 Å². The fourth-order valence-corrected chi connectivity index (χ4v) is 1.77. The molecule has 0 radical (unpaired) electrons. The van der Waals surface area contributed by atoms with Crippen LogP contribution in [0.15, 0.2) is 0 Å². The van der Waals surface area contributed by atoms with Crippen molar-refractivity contribution in [3.05, 3.63) is 0 Å². The molecule has 0 unspecified atom stereocenters. The lowest BCUT2D eigenvalue weighted by Crippen LogP contribution is -2.41. The van der Waals surface area contributed by atoms with Crippen molar-refractivity contribution in [3.63, 3.8) is 0 Å². The number of aliphatic carboxylic acids is 1. The van der Waals surface area contributed by atoms with Crippen molar-refractivity contribution in [1.29, 1.82) is 0 Å². The van der Waals surface area contributed by atoms with Gasteiger partial charge in [0.2, 0.25) is 11.8 Å². The lowest BCUT2D eigenvalue weighted by molar-refractivity contribution is -0.138. The number of carboxylic acids is 1. The summed E-state index contributed by atoms with van der Waals surface area (Å²) in [4.78, 5) is 35.4. The van der Waals surface area contributed by atoms with Crippen molar-refractivity contribution in [2.24, 2.45) is 5.73 Å². The molecule has 0 spiro atoms. The average molecular weight is 287 g/mol. The first-order valence-corrected chi connectivity index (χ1v) is 6.61. The van der Waals surface area contributed by atoms with Gasteiger partial charge in [-0.2, -0.15) is 0 Å². The maximum atomic E-state index is 11.8. The second kappa shape index (κ2) is 8.49. The van der Waals surface area contributed by atoms with Gasteiger partial charge in [-0.3, -0.25) is 14.4 Å². The number of morpholine rings is 1. The summed E-state index contributed by atoms with van der Waals surface area (Å²) in [5.41, 5.74) is 5.30. The zero-order chi connectivity index (χ0) is 15.0. The van der Waals surface area contributed by atoms with Crippen LogP contribution in [0.1, 0.15) is 19.3 Å². The molecule has 1 aliphatic rings. The topological polar surface area (TPSA) is 122 Å². The molecule has 8 heteroatoms. The Labute approximate surface area is 117 Å². The van der Waals surface area contributed by atoms with Crippen LogP contribution in [0.3, 0.4) is 0 Å². The minimum Gasteiger partial charge on any atom is -0.480 e. The molecule has 1 fully saturated rings. The van der Waals surface area contributed by atoms with Crippen LogP contribution in [0.4, 0.5) is 0 Å². The van der Waals surface area contributed by atoms with Crippen LogP contribution in [-0.4, -0.2) is 66.7 Å². The van der Waals surface area contributed by atoms with Gasteiger partial charge in [0.25, 0.3) is 0 Å². The molecule has 1 saturated heterocycles. The van der Waals surface area contributed by atoms with Gasteiger partial charge >= 0.3 is 5.97 Å². The Morgan fingerprint density at radius 1 is 1.25 bits per heavy atom. The summed E-state index contributed by atoms with van der Waals surface area (Å²) in [7, 11) is 0. The Kier molecular flexibility index (Phi) is 6.96. The lowest BCUT2D eigenvalue weighted by atomic mass is 10.2. The monoisotopic (exact) mass is 287 g/mol. The van der Waals surface area contributed by atoms with Gasteiger partial charge in [-0.25, -0.2) is 0 Å². The number of nitrogens with one attached hydrogen (secondary N) is 1. The highest BCUT2D eigenvalue weighted by Crippen LogP contribution is 2.02. The predicted molar refractivity (Wildman–Crippen MR) is 69.9 cm³/mol. The van der Waals surface area contributed by atoms with Crippen molar-refractivity contribution < 1.29 is 24.2 Å². The third-order valence-electron chi connectivity index (χ3n) is 3.02. The predicted octanol–water partition coefficient (Wildman–Crippen LogP) is -1.46. The second-order valence-corrected chi connectivity index (χ2v) is 4.58. The molecule has 0 aromatic rings. The summed E-state index contributed by atoms with van der Waals surface area (Å²) >= 11 is 0. The van der Waals surface area contributed by atoms with Crippen LogP contribution in [0.5, 0.6) is 0 Å². The summed E-state index contributed by atoms with van der Waals surface area (Å²) in [5, 5.41) is 11.1. The SMILES string of the molecule is N[C@@H](CCNC(=O)CCC(=O)N1CCOCC1)C(=O)O. The highest BCUT2D eigenvalue weighted by Gasteiger charge is 2.17. The number of rotatable bonds is 7. The molecular weight excluding hydrogens is 266 g/mol. The number of nitrogens with two attached hydrogens (primary N) is 1. The van der Waals surface area contributed by atoms with Crippen molar-refractivity contribution in [2.75, 3.05) is 32.8 Å². The molecule has 2 amide bonds. The quantitative estimate of drug-likeness (QED) is 0.526. The minimum absolute atomic E-state index is 0.0642. The van der Waals surface area contributed by atoms with E-state index in [1.54, 1.807) is 4.90 Å². The Balaban J connectivity index is 2.13. The van der Waals surface area contributed by atoms with Crippen LogP contribution < -0.4 is 11.1 Å². The van der Waals surface area contributed by atoms with Crippen molar-refractivity contribution in [3.8, 4) is 0 Å². The van der Waals surface area contributed by atoms with Gasteiger partial charge in [0.1, 0.15) is 6.04 Å². The molecule has 20 heavy (non-hydrogen) atoms. The summed E-state index contributed by atoms with van der Waals surface area (Å²) in [6.45, 7) is 2.38. The second-order valence-electron chi connectivity index (χ2n) is 4.58. The molecule has 1 rings (SSSR count). The number of hydrogen-bond donors (Lipinski definition) is 3. The summed E-state index contributed by atoms with van der Waals surface area (Å²) < 4.78 is 5.14. The van der Waals surface area contributed by atoms with Crippen LogP contribution >= 0.6 is 0 Å². The zero-order valence-electron chi connectivity index (χ0n) is 11.3. The van der Waals surface area contributed by atoms with E-state index in [-0.39, 0.29) is 37.6 Å². The maximum absolute atomic E-state index is 11.8. The smallest absolute Gasteiger partial charge is 0.320 e. The number of amides is 2. The van der Waals surface area contributed by atoms with E-state index in [2.05, 4.69) is 5.32 Å². The van der Waals surface area contributed by atoms with Gasteiger partial charge in [0.05, 0.1) is 13.2 Å². The van der Waals surface area contributed by atoms with Crippen LogP contribution in [0.2, 0.25) is 0 Å². The Morgan fingerprint density at radius 2 is 1.90 bits per heavy atom.